The Morgan fingerprint density at radius 3 is 2.86 bits per heavy atom. The number of benzene rings is 1. The Morgan fingerprint density at radius 2 is 2.05 bits per heavy atom. The Balaban J connectivity index is 1.90. The highest BCUT2D eigenvalue weighted by molar-refractivity contribution is 6.06. The molecule has 0 saturated carbocycles. The van der Waals surface area contributed by atoms with Crippen LogP contribution in [0, 0.1) is 6.92 Å². The number of amides is 1. The zero-order valence-corrected chi connectivity index (χ0v) is 13.1. The number of carbonyl (C=O) groups is 1. The molecule has 1 N–H and O–H groups in total. The molecular weight excluding hydrogens is 280 g/mol. The average Bonchev–Trinajstić information content (AvgIpc) is 2.53. The van der Waals surface area contributed by atoms with E-state index in [-0.39, 0.29) is 5.91 Å². The Kier molecular flexibility index (Phi) is 6.30. The van der Waals surface area contributed by atoms with E-state index in [0.29, 0.717) is 31.9 Å². The molecule has 0 aliphatic heterocycles. The lowest BCUT2D eigenvalue weighted by Gasteiger charge is -2.09. The van der Waals surface area contributed by atoms with Gasteiger partial charge in [0, 0.05) is 31.3 Å². The monoisotopic (exact) mass is 302 g/mol. The van der Waals surface area contributed by atoms with Crippen molar-refractivity contribution in [1.82, 2.24) is 10.3 Å². The van der Waals surface area contributed by atoms with E-state index in [1.807, 2.05) is 37.3 Å². The third-order valence-corrected chi connectivity index (χ3v) is 3.27. The van der Waals surface area contributed by atoms with E-state index in [2.05, 4.69) is 10.3 Å². The summed E-state index contributed by atoms with van der Waals surface area (Å²) < 4.78 is 10.3. The molecule has 22 heavy (non-hydrogen) atoms. The third-order valence-electron chi connectivity index (χ3n) is 3.27. The maximum atomic E-state index is 12.3. The zero-order chi connectivity index (χ0) is 15.8. The number of carbonyl (C=O) groups excluding carboxylic acids is 1. The number of hydrogen-bond donors (Lipinski definition) is 1. The van der Waals surface area contributed by atoms with Gasteiger partial charge in [-0.05, 0) is 25.5 Å². The van der Waals surface area contributed by atoms with Gasteiger partial charge in [-0.25, -0.2) is 0 Å². The SMILES string of the molecule is COCCOCCCNC(=O)c1cc(C)nc2ccccc12. The van der Waals surface area contributed by atoms with Gasteiger partial charge in [-0.1, -0.05) is 18.2 Å². The molecule has 5 heteroatoms. The molecule has 2 rings (SSSR count). The molecule has 1 heterocycles. The fourth-order valence-electron chi connectivity index (χ4n) is 2.21. The normalized spacial score (nSPS) is 10.8. The third kappa shape index (κ3) is 4.51. The lowest BCUT2D eigenvalue weighted by atomic mass is 10.1. The van der Waals surface area contributed by atoms with E-state index in [9.17, 15) is 4.79 Å². The summed E-state index contributed by atoms with van der Waals surface area (Å²) in [6.07, 6.45) is 0.775. The predicted octanol–water partition coefficient (Wildman–Crippen LogP) is 2.33. The molecule has 1 amide bonds. The highest BCUT2D eigenvalue weighted by Crippen LogP contribution is 2.17. The molecule has 0 unspecified atom stereocenters. The molecule has 0 atom stereocenters. The topological polar surface area (TPSA) is 60.5 Å². The van der Waals surface area contributed by atoms with E-state index < -0.39 is 0 Å². The first-order chi connectivity index (χ1) is 10.7. The number of para-hydroxylation sites is 1. The summed E-state index contributed by atoms with van der Waals surface area (Å²) in [5.41, 5.74) is 2.35. The number of fused-ring (bicyclic) bond motifs is 1. The van der Waals surface area contributed by atoms with Gasteiger partial charge in [0.25, 0.3) is 5.91 Å². The number of ether oxygens (including phenoxy) is 2. The second kappa shape index (κ2) is 8.46. The number of rotatable bonds is 8. The number of nitrogens with zero attached hydrogens (tertiary/aromatic N) is 1. The smallest absolute Gasteiger partial charge is 0.252 e. The number of methoxy groups -OCH3 is 1. The zero-order valence-electron chi connectivity index (χ0n) is 13.1. The van der Waals surface area contributed by atoms with E-state index in [0.717, 1.165) is 23.0 Å². The van der Waals surface area contributed by atoms with Crippen molar-refractivity contribution in [3.63, 3.8) is 0 Å². The average molecular weight is 302 g/mol. The Hall–Kier alpha value is -1.98. The van der Waals surface area contributed by atoms with Crippen molar-refractivity contribution >= 4 is 16.8 Å². The van der Waals surface area contributed by atoms with Crippen molar-refractivity contribution in [1.29, 1.82) is 0 Å². The number of aryl methyl sites for hydroxylation is 1. The summed E-state index contributed by atoms with van der Waals surface area (Å²) in [7, 11) is 1.64. The molecule has 0 fully saturated rings. The lowest BCUT2D eigenvalue weighted by Crippen LogP contribution is -2.25. The van der Waals surface area contributed by atoms with Gasteiger partial charge >= 0.3 is 0 Å². The van der Waals surface area contributed by atoms with Crippen molar-refractivity contribution in [3.8, 4) is 0 Å². The molecule has 0 radical (unpaired) electrons. The minimum Gasteiger partial charge on any atom is -0.382 e. The van der Waals surface area contributed by atoms with Crippen LogP contribution in [-0.2, 0) is 9.47 Å². The van der Waals surface area contributed by atoms with E-state index in [4.69, 9.17) is 9.47 Å². The van der Waals surface area contributed by atoms with Crippen LogP contribution in [-0.4, -0.2) is 44.4 Å². The van der Waals surface area contributed by atoms with Gasteiger partial charge in [0.15, 0.2) is 0 Å². The Morgan fingerprint density at radius 1 is 1.23 bits per heavy atom. The van der Waals surface area contributed by atoms with Gasteiger partial charge in [-0.15, -0.1) is 0 Å². The minimum atomic E-state index is -0.0707. The van der Waals surface area contributed by atoms with Crippen molar-refractivity contribution in [2.24, 2.45) is 0 Å². The molecule has 0 spiro atoms. The molecule has 5 nitrogen and oxygen atoms in total. The Bertz CT molecular complexity index is 628. The molecule has 1 aromatic carbocycles. The van der Waals surface area contributed by atoms with Gasteiger partial charge in [-0.2, -0.15) is 0 Å². The van der Waals surface area contributed by atoms with Crippen molar-refractivity contribution < 1.29 is 14.3 Å². The van der Waals surface area contributed by atoms with Crippen LogP contribution in [0.15, 0.2) is 30.3 Å². The van der Waals surface area contributed by atoms with Crippen LogP contribution in [0.4, 0.5) is 0 Å². The van der Waals surface area contributed by atoms with Gasteiger partial charge in [-0.3, -0.25) is 9.78 Å². The maximum Gasteiger partial charge on any atom is 0.252 e. The standard InChI is InChI=1S/C17H22N2O3/c1-13-12-15(14-6-3-4-7-16(14)19-13)17(20)18-8-5-9-22-11-10-21-2/h3-4,6-7,12H,5,8-11H2,1-2H3,(H,18,20). The van der Waals surface area contributed by atoms with Crippen molar-refractivity contribution in [3.05, 3.63) is 41.6 Å². The summed E-state index contributed by atoms with van der Waals surface area (Å²) in [4.78, 5) is 16.8. The first kappa shape index (κ1) is 16.4. The molecule has 0 bridgehead atoms. The van der Waals surface area contributed by atoms with E-state index in [1.165, 1.54) is 0 Å². The van der Waals surface area contributed by atoms with Gasteiger partial charge in [0.05, 0.1) is 24.3 Å². The predicted molar refractivity (Wildman–Crippen MR) is 86.1 cm³/mol. The second-order valence-corrected chi connectivity index (χ2v) is 5.04. The highest BCUT2D eigenvalue weighted by atomic mass is 16.5. The van der Waals surface area contributed by atoms with Crippen LogP contribution in [0.3, 0.4) is 0 Å². The van der Waals surface area contributed by atoms with Crippen molar-refractivity contribution in [2.75, 3.05) is 33.5 Å². The number of nitrogens with one attached hydrogen (secondary N) is 1. The van der Waals surface area contributed by atoms with E-state index in [1.54, 1.807) is 7.11 Å². The van der Waals surface area contributed by atoms with Crippen LogP contribution >= 0.6 is 0 Å². The van der Waals surface area contributed by atoms with Crippen LogP contribution in [0.1, 0.15) is 22.5 Å². The highest BCUT2D eigenvalue weighted by Gasteiger charge is 2.11. The molecule has 1 aromatic heterocycles. The molecule has 0 aliphatic carbocycles. The second-order valence-electron chi connectivity index (χ2n) is 5.04. The van der Waals surface area contributed by atoms with E-state index >= 15 is 0 Å². The minimum absolute atomic E-state index is 0.0707. The first-order valence-electron chi connectivity index (χ1n) is 7.43. The summed E-state index contributed by atoms with van der Waals surface area (Å²) in [6.45, 7) is 4.27. The van der Waals surface area contributed by atoms with Crippen LogP contribution < -0.4 is 5.32 Å². The van der Waals surface area contributed by atoms with Crippen LogP contribution in [0.25, 0.3) is 10.9 Å². The first-order valence-corrected chi connectivity index (χ1v) is 7.43. The molecule has 2 aromatic rings. The summed E-state index contributed by atoms with van der Waals surface area (Å²) >= 11 is 0. The summed E-state index contributed by atoms with van der Waals surface area (Å²) in [5, 5.41) is 3.81. The fourth-order valence-corrected chi connectivity index (χ4v) is 2.21. The quantitative estimate of drug-likeness (QED) is 0.760. The number of pyridine rings is 1. The Labute approximate surface area is 130 Å². The lowest BCUT2D eigenvalue weighted by molar-refractivity contribution is 0.0688. The van der Waals surface area contributed by atoms with Crippen molar-refractivity contribution in [2.45, 2.75) is 13.3 Å². The largest absolute Gasteiger partial charge is 0.382 e. The number of hydrogen-bond acceptors (Lipinski definition) is 4. The summed E-state index contributed by atoms with van der Waals surface area (Å²) in [5.74, 6) is -0.0707. The fraction of sp³-hybridized carbons (Fsp3) is 0.412. The maximum absolute atomic E-state index is 12.3. The van der Waals surface area contributed by atoms with Gasteiger partial charge in [0.1, 0.15) is 0 Å². The molecule has 0 saturated heterocycles. The molecular formula is C17H22N2O3. The summed E-state index contributed by atoms with van der Waals surface area (Å²) in [6, 6.07) is 9.51. The van der Waals surface area contributed by atoms with Gasteiger partial charge < -0.3 is 14.8 Å². The van der Waals surface area contributed by atoms with Crippen LogP contribution in [0.5, 0.6) is 0 Å². The number of aromatic nitrogens is 1. The van der Waals surface area contributed by atoms with Crippen LogP contribution in [0.2, 0.25) is 0 Å². The molecule has 118 valence electrons. The molecule has 0 aliphatic rings. The van der Waals surface area contributed by atoms with Gasteiger partial charge in [0.2, 0.25) is 0 Å².